The zero-order chi connectivity index (χ0) is 14.2. The minimum Gasteiger partial charge on any atom is -0.360 e. The second kappa shape index (κ2) is 4.38. The van der Waals surface area contributed by atoms with Crippen LogP contribution in [-0.2, 0) is 4.84 Å². The van der Waals surface area contributed by atoms with Gasteiger partial charge < -0.3 is 4.98 Å². The van der Waals surface area contributed by atoms with Crippen molar-refractivity contribution < 1.29 is 27.7 Å². The molecule has 2 rings (SSSR count). The SMILES string of the molecule is CO[N+](=O)c1ccc2c(C(=O)C(F)(F)F)c[nH]c2c1. The summed E-state index contributed by atoms with van der Waals surface area (Å²) < 4.78 is 37.1. The van der Waals surface area contributed by atoms with E-state index in [1.54, 1.807) is 0 Å². The van der Waals surface area contributed by atoms with Crippen LogP contribution in [0.1, 0.15) is 10.4 Å². The molecule has 100 valence electrons. The van der Waals surface area contributed by atoms with E-state index in [1.807, 2.05) is 0 Å². The standard InChI is InChI=1S/C11H7F3N2O3/c1-19-16(18)6-2-3-7-8(5-15-9(7)4-6)10(17)11(12,13)14/h2-5H,1H3/p+1. The molecule has 0 unspecified atom stereocenters. The van der Waals surface area contributed by atoms with Crippen molar-refractivity contribution in [2.24, 2.45) is 0 Å². The average molecular weight is 273 g/mol. The Labute approximate surface area is 104 Å². The molecule has 0 aliphatic rings. The average Bonchev–Trinajstić information content (AvgIpc) is 2.78. The van der Waals surface area contributed by atoms with Gasteiger partial charge in [0, 0.05) is 23.7 Å². The highest BCUT2D eigenvalue weighted by Crippen LogP contribution is 2.28. The van der Waals surface area contributed by atoms with Gasteiger partial charge in [0.1, 0.15) is 0 Å². The van der Waals surface area contributed by atoms with E-state index in [-0.39, 0.29) is 21.5 Å². The van der Waals surface area contributed by atoms with Crippen LogP contribution in [-0.4, -0.2) is 29.0 Å². The van der Waals surface area contributed by atoms with E-state index in [0.29, 0.717) is 0 Å². The topological polar surface area (TPSA) is 62.2 Å². The van der Waals surface area contributed by atoms with E-state index >= 15 is 0 Å². The van der Waals surface area contributed by atoms with Crippen molar-refractivity contribution in [1.82, 2.24) is 4.98 Å². The molecule has 2 aromatic rings. The molecule has 0 aliphatic heterocycles. The number of nitrogens with one attached hydrogen (secondary N) is 1. The second-order valence-electron chi connectivity index (χ2n) is 3.70. The van der Waals surface area contributed by atoms with Crippen LogP contribution < -0.4 is 0 Å². The Morgan fingerprint density at radius 1 is 1.37 bits per heavy atom. The normalized spacial score (nSPS) is 11.6. The Hall–Kier alpha value is -2.38. The van der Waals surface area contributed by atoms with Gasteiger partial charge in [0.05, 0.1) is 16.0 Å². The van der Waals surface area contributed by atoms with Crippen molar-refractivity contribution >= 4 is 22.4 Å². The molecule has 0 saturated heterocycles. The fourth-order valence-electron chi connectivity index (χ4n) is 1.67. The lowest BCUT2D eigenvalue weighted by molar-refractivity contribution is -0.736. The van der Waals surface area contributed by atoms with Crippen molar-refractivity contribution in [3.8, 4) is 0 Å². The maximum atomic E-state index is 12.4. The first-order valence-corrected chi connectivity index (χ1v) is 5.08. The second-order valence-corrected chi connectivity index (χ2v) is 3.70. The number of hydrogen-bond donors (Lipinski definition) is 1. The van der Waals surface area contributed by atoms with Gasteiger partial charge in [0.25, 0.3) is 10.7 Å². The van der Waals surface area contributed by atoms with Crippen molar-refractivity contribution in [2.75, 3.05) is 7.11 Å². The molecule has 19 heavy (non-hydrogen) atoms. The third-order valence-corrected chi connectivity index (χ3v) is 2.54. The molecule has 1 aromatic carbocycles. The summed E-state index contributed by atoms with van der Waals surface area (Å²) in [5.74, 6) is -1.93. The van der Waals surface area contributed by atoms with E-state index in [4.69, 9.17) is 0 Å². The molecule has 0 radical (unpaired) electrons. The van der Waals surface area contributed by atoms with Crippen molar-refractivity contribution in [3.05, 3.63) is 34.9 Å². The molecule has 1 N–H and O–H groups in total. The highest BCUT2D eigenvalue weighted by Gasteiger charge is 2.40. The van der Waals surface area contributed by atoms with E-state index in [2.05, 4.69) is 9.82 Å². The molecule has 0 spiro atoms. The monoisotopic (exact) mass is 273 g/mol. The van der Waals surface area contributed by atoms with Crippen molar-refractivity contribution in [2.45, 2.75) is 6.18 Å². The lowest BCUT2D eigenvalue weighted by atomic mass is 10.1. The highest BCUT2D eigenvalue weighted by molar-refractivity contribution is 6.10. The zero-order valence-electron chi connectivity index (χ0n) is 9.62. The maximum absolute atomic E-state index is 12.4. The van der Waals surface area contributed by atoms with Crippen molar-refractivity contribution in [1.29, 1.82) is 0 Å². The van der Waals surface area contributed by atoms with Gasteiger partial charge in [-0.05, 0) is 6.07 Å². The predicted octanol–water partition coefficient (Wildman–Crippen LogP) is 2.88. The summed E-state index contributed by atoms with van der Waals surface area (Å²) in [4.78, 5) is 29.5. The molecule has 0 atom stereocenters. The van der Waals surface area contributed by atoms with Crippen LogP contribution in [0.4, 0.5) is 18.9 Å². The molecule has 0 amide bonds. The summed E-state index contributed by atoms with van der Waals surface area (Å²) in [7, 11) is 1.16. The summed E-state index contributed by atoms with van der Waals surface area (Å²) in [6.07, 6.45) is -3.98. The summed E-state index contributed by atoms with van der Waals surface area (Å²) in [6, 6.07) is 3.81. The number of H-pyrrole nitrogens is 1. The zero-order valence-corrected chi connectivity index (χ0v) is 9.62. The number of halogens is 3. The minimum atomic E-state index is -4.94. The molecular weight excluding hydrogens is 265 g/mol. The van der Waals surface area contributed by atoms with Gasteiger partial charge in [0.2, 0.25) is 0 Å². The molecule has 0 aliphatic carbocycles. The van der Waals surface area contributed by atoms with Crippen LogP contribution in [0.2, 0.25) is 0 Å². The fourth-order valence-corrected chi connectivity index (χ4v) is 1.67. The number of ketones is 1. The van der Waals surface area contributed by atoms with Crippen LogP contribution >= 0.6 is 0 Å². The van der Waals surface area contributed by atoms with E-state index < -0.39 is 17.5 Å². The first-order valence-electron chi connectivity index (χ1n) is 5.08. The Kier molecular flexibility index (Phi) is 3.01. The number of alkyl halides is 3. The summed E-state index contributed by atoms with van der Waals surface area (Å²) in [6.45, 7) is 0. The fraction of sp³-hybridized carbons (Fsp3) is 0.182. The van der Waals surface area contributed by atoms with E-state index in [9.17, 15) is 22.9 Å². The largest absolute Gasteiger partial charge is 0.454 e. The number of nitrogens with zero attached hydrogens (tertiary/aromatic N) is 1. The van der Waals surface area contributed by atoms with E-state index in [0.717, 1.165) is 13.3 Å². The molecule has 0 fully saturated rings. The highest BCUT2D eigenvalue weighted by atomic mass is 19.4. The van der Waals surface area contributed by atoms with Gasteiger partial charge in [-0.25, -0.2) is 4.84 Å². The number of aromatic nitrogens is 1. The predicted molar refractivity (Wildman–Crippen MR) is 59.0 cm³/mol. The Morgan fingerprint density at radius 3 is 2.63 bits per heavy atom. The number of carbonyl (C=O) groups is 1. The smallest absolute Gasteiger partial charge is 0.360 e. The summed E-state index contributed by atoms with van der Waals surface area (Å²) >= 11 is 0. The van der Waals surface area contributed by atoms with Gasteiger partial charge in [-0.2, -0.15) is 13.2 Å². The lowest BCUT2D eigenvalue weighted by Gasteiger charge is -2.02. The molecule has 0 bridgehead atoms. The lowest BCUT2D eigenvalue weighted by Crippen LogP contribution is -2.22. The van der Waals surface area contributed by atoms with Crippen LogP contribution in [0, 0.1) is 4.91 Å². The number of Topliss-reactive ketones (excluding diaryl/α,β-unsaturated/α-hetero) is 1. The number of aromatic amines is 1. The minimum absolute atomic E-state index is 0.0931. The first-order chi connectivity index (χ1) is 8.84. The molecular formula is C11H8F3N2O3+. The van der Waals surface area contributed by atoms with E-state index in [1.165, 1.54) is 18.2 Å². The third kappa shape index (κ3) is 2.28. The van der Waals surface area contributed by atoms with Crippen LogP contribution in [0.25, 0.3) is 10.9 Å². The quantitative estimate of drug-likeness (QED) is 0.691. The molecule has 5 nitrogen and oxygen atoms in total. The number of hydrogen-bond acceptors (Lipinski definition) is 3. The summed E-state index contributed by atoms with van der Waals surface area (Å²) in [5.41, 5.74) is -0.144. The first kappa shape index (κ1) is 13.1. The van der Waals surface area contributed by atoms with Crippen LogP contribution in [0.5, 0.6) is 0 Å². The summed E-state index contributed by atoms with van der Waals surface area (Å²) in [5, 5.41) is 0.0931. The molecule has 8 heteroatoms. The number of fused-ring (bicyclic) bond motifs is 1. The Morgan fingerprint density at radius 2 is 2.05 bits per heavy atom. The maximum Gasteiger partial charge on any atom is 0.454 e. The van der Waals surface area contributed by atoms with Gasteiger partial charge in [-0.15, -0.1) is 0 Å². The van der Waals surface area contributed by atoms with Crippen LogP contribution in [0.15, 0.2) is 24.4 Å². The number of rotatable bonds is 3. The number of carbonyl (C=O) groups excluding carboxylic acids is 1. The Bertz CT molecular complexity index is 661. The van der Waals surface area contributed by atoms with Crippen molar-refractivity contribution in [3.63, 3.8) is 0 Å². The van der Waals surface area contributed by atoms with Crippen LogP contribution in [0.3, 0.4) is 0 Å². The van der Waals surface area contributed by atoms with Gasteiger partial charge in [-0.1, -0.05) is 0 Å². The van der Waals surface area contributed by atoms with Gasteiger partial charge >= 0.3 is 11.9 Å². The third-order valence-electron chi connectivity index (χ3n) is 2.54. The van der Waals surface area contributed by atoms with Gasteiger partial charge in [0.15, 0.2) is 7.11 Å². The molecule has 1 aromatic heterocycles. The molecule has 1 heterocycles. The molecule has 0 saturated carbocycles. The van der Waals surface area contributed by atoms with Gasteiger partial charge in [-0.3, -0.25) is 4.79 Å². The Balaban J connectivity index is 2.51. The number of benzene rings is 1.